The van der Waals surface area contributed by atoms with Gasteiger partial charge in [-0.1, -0.05) is 91.4 Å². The summed E-state index contributed by atoms with van der Waals surface area (Å²) in [5, 5.41) is 3.20. The second-order valence-electron chi connectivity index (χ2n) is 11.9. The lowest BCUT2D eigenvalue weighted by atomic mass is 9.95. The van der Waals surface area contributed by atoms with E-state index in [2.05, 4.69) is 5.32 Å². The van der Waals surface area contributed by atoms with Gasteiger partial charge < -0.3 is 10.2 Å². The number of amides is 2. The zero-order valence-corrected chi connectivity index (χ0v) is 26.9. The molecule has 1 atom stereocenters. The van der Waals surface area contributed by atoms with E-state index >= 15 is 0 Å². The summed E-state index contributed by atoms with van der Waals surface area (Å²) in [5.41, 5.74) is 5.05. The molecule has 2 amide bonds. The van der Waals surface area contributed by atoms with Crippen LogP contribution >= 0.6 is 0 Å². The second-order valence-corrected chi connectivity index (χ2v) is 13.8. The standard InChI is InChI=1S/C35H45N3O4S/c1-6-32(35(40)36-30-13-8-7-9-14-30)37(23-29-12-10-11-26(3)22-29)34(39)24-38(33-20-17-27(4)21-28(33)5)43(41,42)31-18-15-25(2)16-19-31/h10-12,15-22,30,32H,6-9,13-14,23-24H2,1-5H3,(H,36,40). The Labute approximate surface area is 257 Å². The van der Waals surface area contributed by atoms with E-state index in [9.17, 15) is 18.0 Å². The predicted octanol–water partition coefficient (Wildman–Crippen LogP) is 6.37. The van der Waals surface area contributed by atoms with Crippen LogP contribution in [0.15, 0.2) is 71.6 Å². The van der Waals surface area contributed by atoms with E-state index in [0.29, 0.717) is 12.1 Å². The van der Waals surface area contributed by atoms with Crippen LogP contribution in [0.25, 0.3) is 0 Å². The van der Waals surface area contributed by atoms with Crippen LogP contribution in [0.5, 0.6) is 0 Å². The number of nitrogens with zero attached hydrogens (tertiary/aromatic N) is 2. The average Bonchev–Trinajstić information content (AvgIpc) is 2.97. The third kappa shape index (κ3) is 8.05. The number of hydrogen-bond donors (Lipinski definition) is 1. The van der Waals surface area contributed by atoms with Crippen LogP contribution in [0, 0.1) is 27.7 Å². The number of hydrogen-bond acceptors (Lipinski definition) is 4. The maximum atomic E-state index is 14.4. The zero-order valence-electron chi connectivity index (χ0n) is 26.1. The van der Waals surface area contributed by atoms with Crippen LogP contribution < -0.4 is 9.62 Å². The first-order valence-corrected chi connectivity index (χ1v) is 16.8. The summed E-state index contributed by atoms with van der Waals surface area (Å²) in [6, 6.07) is 19.4. The van der Waals surface area contributed by atoms with Gasteiger partial charge in [-0.15, -0.1) is 0 Å². The van der Waals surface area contributed by atoms with Crippen molar-refractivity contribution in [2.45, 2.75) is 96.7 Å². The molecule has 4 rings (SSSR count). The van der Waals surface area contributed by atoms with Crippen LogP contribution in [0.2, 0.25) is 0 Å². The molecule has 0 saturated heterocycles. The third-order valence-corrected chi connectivity index (χ3v) is 10.1. The lowest BCUT2D eigenvalue weighted by Gasteiger charge is -2.35. The van der Waals surface area contributed by atoms with Crippen molar-refractivity contribution in [3.63, 3.8) is 0 Å². The molecule has 8 heteroatoms. The molecule has 0 aliphatic heterocycles. The van der Waals surface area contributed by atoms with E-state index in [0.717, 1.165) is 53.5 Å². The maximum Gasteiger partial charge on any atom is 0.264 e. The molecule has 43 heavy (non-hydrogen) atoms. The molecule has 0 heterocycles. The molecule has 0 radical (unpaired) electrons. The molecule has 7 nitrogen and oxygen atoms in total. The minimum atomic E-state index is -4.10. The minimum Gasteiger partial charge on any atom is -0.352 e. The Morgan fingerprint density at radius 1 is 0.860 bits per heavy atom. The van der Waals surface area contributed by atoms with Crippen molar-refractivity contribution in [2.75, 3.05) is 10.8 Å². The number of anilines is 1. The summed E-state index contributed by atoms with van der Waals surface area (Å²) in [7, 11) is -4.10. The number of carbonyl (C=O) groups is 2. The molecule has 230 valence electrons. The average molecular weight is 604 g/mol. The number of carbonyl (C=O) groups excluding carboxylic acids is 2. The van der Waals surface area contributed by atoms with Gasteiger partial charge >= 0.3 is 0 Å². The fourth-order valence-corrected chi connectivity index (χ4v) is 7.39. The van der Waals surface area contributed by atoms with Gasteiger partial charge in [-0.2, -0.15) is 0 Å². The van der Waals surface area contributed by atoms with Gasteiger partial charge in [0.05, 0.1) is 10.6 Å². The van der Waals surface area contributed by atoms with Crippen LogP contribution in [0.4, 0.5) is 5.69 Å². The van der Waals surface area contributed by atoms with Crippen LogP contribution in [-0.2, 0) is 26.2 Å². The van der Waals surface area contributed by atoms with Crippen molar-refractivity contribution >= 4 is 27.5 Å². The van der Waals surface area contributed by atoms with E-state index in [-0.39, 0.29) is 23.4 Å². The van der Waals surface area contributed by atoms with E-state index in [1.54, 1.807) is 35.2 Å². The van der Waals surface area contributed by atoms with Gasteiger partial charge in [0.15, 0.2) is 0 Å². The highest BCUT2D eigenvalue weighted by Gasteiger charge is 2.35. The molecule has 0 aromatic heterocycles. The van der Waals surface area contributed by atoms with E-state index in [1.807, 2.05) is 71.0 Å². The molecular weight excluding hydrogens is 558 g/mol. The van der Waals surface area contributed by atoms with Crippen LogP contribution in [0.1, 0.15) is 73.3 Å². The monoisotopic (exact) mass is 603 g/mol. The van der Waals surface area contributed by atoms with E-state index in [4.69, 9.17) is 0 Å². The summed E-state index contributed by atoms with van der Waals surface area (Å²) in [5.74, 6) is -0.613. The fourth-order valence-electron chi connectivity index (χ4n) is 5.91. The van der Waals surface area contributed by atoms with Crippen molar-refractivity contribution < 1.29 is 18.0 Å². The van der Waals surface area contributed by atoms with Gasteiger partial charge in [-0.3, -0.25) is 13.9 Å². The molecule has 1 N–H and O–H groups in total. The minimum absolute atomic E-state index is 0.0971. The lowest BCUT2D eigenvalue weighted by Crippen LogP contribution is -2.54. The smallest absolute Gasteiger partial charge is 0.264 e. The van der Waals surface area contributed by atoms with E-state index in [1.165, 1.54) is 10.7 Å². The topological polar surface area (TPSA) is 86.8 Å². The molecule has 0 spiro atoms. The summed E-state index contributed by atoms with van der Waals surface area (Å²) < 4.78 is 29.5. The zero-order chi connectivity index (χ0) is 31.1. The Kier molecular flexibility index (Phi) is 10.7. The molecule has 1 saturated carbocycles. The number of nitrogens with one attached hydrogen (secondary N) is 1. The van der Waals surface area contributed by atoms with Gasteiger partial charge in [0, 0.05) is 12.6 Å². The molecule has 0 bridgehead atoms. The van der Waals surface area contributed by atoms with Crippen molar-refractivity contribution in [3.8, 4) is 0 Å². The number of rotatable bonds is 11. The highest BCUT2D eigenvalue weighted by atomic mass is 32.2. The summed E-state index contributed by atoms with van der Waals surface area (Å²) in [6.07, 6.45) is 5.60. The summed E-state index contributed by atoms with van der Waals surface area (Å²) in [4.78, 5) is 29.7. The lowest BCUT2D eigenvalue weighted by molar-refractivity contribution is -0.140. The number of benzene rings is 3. The van der Waals surface area contributed by atoms with Crippen LogP contribution in [0.3, 0.4) is 0 Å². The Bertz CT molecular complexity index is 1530. The Balaban J connectivity index is 1.73. The SMILES string of the molecule is CCC(C(=O)NC1CCCCC1)N(Cc1cccc(C)c1)C(=O)CN(c1ccc(C)cc1C)S(=O)(=O)c1ccc(C)cc1. The van der Waals surface area contributed by atoms with Gasteiger partial charge in [0.2, 0.25) is 11.8 Å². The molecule has 1 unspecified atom stereocenters. The van der Waals surface area contributed by atoms with Gasteiger partial charge in [0.25, 0.3) is 10.0 Å². The predicted molar refractivity (Wildman–Crippen MR) is 172 cm³/mol. The quantitative estimate of drug-likeness (QED) is 0.276. The molecular formula is C35H45N3O4S. The van der Waals surface area contributed by atoms with Crippen molar-refractivity contribution in [1.82, 2.24) is 10.2 Å². The molecule has 1 aliphatic rings. The second kappa shape index (κ2) is 14.2. The first-order valence-electron chi connectivity index (χ1n) is 15.3. The van der Waals surface area contributed by atoms with Gasteiger partial charge in [0.1, 0.15) is 12.6 Å². The first kappa shape index (κ1) is 32.3. The van der Waals surface area contributed by atoms with Crippen molar-refractivity contribution in [3.05, 3.63) is 94.5 Å². The first-order chi connectivity index (χ1) is 20.5. The van der Waals surface area contributed by atoms with Crippen molar-refractivity contribution in [2.24, 2.45) is 0 Å². The Morgan fingerprint density at radius 3 is 2.14 bits per heavy atom. The van der Waals surface area contributed by atoms with Gasteiger partial charge in [-0.25, -0.2) is 8.42 Å². The largest absolute Gasteiger partial charge is 0.352 e. The van der Waals surface area contributed by atoms with E-state index < -0.39 is 28.5 Å². The maximum absolute atomic E-state index is 14.4. The third-order valence-electron chi connectivity index (χ3n) is 8.28. The Hall–Kier alpha value is -3.65. The van der Waals surface area contributed by atoms with Gasteiger partial charge in [-0.05, 0) is 76.3 Å². The number of aryl methyl sites for hydroxylation is 4. The molecule has 1 aliphatic carbocycles. The normalized spacial score (nSPS) is 14.6. The number of sulfonamides is 1. The van der Waals surface area contributed by atoms with Crippen molar-refractivity contribution in [1.29, 1.82) is 0 Å². The molecule has 1 fully saturated rings. The Morgan fingerprint density at radius 2 is 1.51 bits per heavy atom. The molecule has 3 aromatic rings. The highest BCUT2D eigenvalue weighted by Crippen LogP contribution is 2.29. The summed E-state index contributed by atoms with van der Waals surface area (Å²) >= 11 is 0. The highest BCUT2D eigenvalue weighted by molar-refractivity contribution is 7.92. The molecule has 3 aromatic carbocycles. The fraction of sp³-hybridized carbons (Fsp3) is 0.429. The van der Waals surface area contributed by atoms with Crippen LogP contribution in [-0.4, -0.2) is 43.8 Å². The summed E-state index contributed by atoms with van der Waals surface area (Å²) in [6.45, 7) is 9.34.